The van der Waals surface area contributed by atoms with Gasteiger partial charge in [-0.3, -0.25) is 9.59 Å². The molecule has 4 aliphatic carbocycles. The van der Waals surface area contributed by atoms with Crippen molar-refractivity contribution in [2.24, 2.45) is 22.7 Å². The number of fused-ring (bicyclic) bond motifs is 3. The van der Waals surface area contributed by atoms with Gasteiger partial charge in [-0.25, -0.2) is 0 Å². The summed E-state index contributed by atoms with van der Waals surface area (Å²) >= 11 is 0. The Morgan fingerprint density at radius 2 is 1.92 bits per heavy atom. The maximum Gasteiger partial charge on any atom is 0.139 e. The van der Waals surface area contributed by atoms with Gasteiger partial charge in [0.25, 0.3) is 0 Å². The van der Waals surface area contributed by atoms with E-state index in [9.17, 15) is 9.59 Å². The Morgan fingerprint density at radius 1 is 1.08 bits per heavy atom. The first-order valence-corrected chi connectivity index (χ1v) is 10.2. The Bertz CT molecular complexity index is 797. The van der Waals surface area contributed by atoms with Crippen LogP contribution in [-0.4, -0.2) is 18.7 Å². The van der Waals surface area contributed by atoms with Gasteiger partial charge >= 0.3 is 0 Å². The second kappa shape index (κ2) is 5.43. The van der Waals surface area contributed by atoms with Crippen LogP contribution in [0.1, 0.15) is 68.9 Å². The van der Waals surface area contributed by atoms with E-state index in [1.54, 1.807) is 7.11 Å². The normalized spacial score (nSPS) is 41.1. The molecular weight excluding hydrogens is 324 g/mol. The van der Waals surface area contributed by atoms with E-state index >= 15 is 0 Å². The molecule has 138 valence electrons. The summed E-state index contributed by atoms with van der Waals surface area (Å²) in [5.74, 6) is 3.13. The molecule has 5 rings (SSSR count). The Labute approximate surface area is 155 Å². The Kier molecular flexibility index (Phi) is 3.45. The van der Waals surface area contributed by atoms with E-state index < -0.39 is 0 Å². The summed E-state index contributed by atoms with van der Waals surface area (Å²) in [6.07, 6.45) is 7.21. The topological polar surface area (TPSA) is 43.4 Å². The van der Waals surface area contributed by atoms with Crippen LogP contribution in [-0.2, 0) is 16.0 Å². The number of ether oxygens (including phenoxy) is 1. The summed E-state index contributed by atoms with van der Waals surface area (Å²) in [5, 5.41) is 0. The van der Waals surface area contributed by atoms with Gasteiger partial charge in [0, 0.05) is 24.7 Å². The SMILES string of the molecule is COc1ccc2c(c1)CC[C@@H]1[C@@H]2CC[C@]2(C)C(=O)C[C@H]3CC(=O)CC[C@@]312. The number of hydrogen-bond acceptors (Lipinski definition) is 3. The number of methoxy groups -OCH3 is 1. The molecule has 0 heterocycles. The van der Waals surface area contributed by atoms with Gasteiger partial charge in [-0.15, -0.1) is 0 Å². The number of carbonyl (C=O) groups excluding carboxylic acids is 2. The lowest BCUT2D eigenvalue weighted by Crippen LogP contribution is -2.55. The molecule has 0 amide bonds. The maximum atomic E-state index is 13.1. The van der Waals surface area contributed by atoms with E-state index in [2.05, 4.69) is 25.1 Å². The molecule has 3 saturated carbocycles. The number of carbonyl (C=O) groups is 2. The molecule has 3 nitrogen and oxygen atoms in total. The van der Waals surface area contributed by atoms with E-state index in [1.165, 1.54) is 11.1 Å². The minimum Gasteiger partial charge on any atom is -0.497 e. The van der Waals surface area contributed by atoms with Gasteiger partial charge in [0.1, 0.15) is 17.3 Å². The highest BCUT2D eigenvalue weighted by Crippen LogP contribution is 2.72. The fourth-order valence-electron chi connectivity index (χ4n) is 7.50. The largest absolute Gasteiger partial charge is 0.497 e. The fraction of sp³-hybridized carbons (Fsp3) is 0.652. The first kappa shape index (κ1) is 16.5. The molecule has 1 aromatic carbocycles. The summed E-state index contributed by atoms with van der Waals surface area (Å²) < 4.78 is 5.43. The molecular formula is C23H28O3. The summed E-state index contributed by atoms with van der Waals surface area (Å²) in [6, 6.07) is 6.57. The first-order valence-electron chi connectivity index (χ1n) is 10.2. The van der Waals surface area contributed by atoms with Crippen LogP contribution in [0.3, 0.4) is 0 Å². The fourth-order valence-corrected chi connectivity index (χ4v) is 7.50. The lowest BCUT2D eigenvalue weighted by atomic mass is 9.43. The molecule has 26 heavy (non-hydrogen) atoms. The molecule has 3 heteroatoms. The Hall–Kier alpha value is -1.64. The van der Waals surface area contributed by atoms with Crippen molar-refractivity contribution in [3.63, 3.8) is 0 Å². The summed E-state index contributed by atoms with van der Waals surface area (Å²) in [5.41, 5.74) is 2.76. The van der Waals surface area contributed by atoms with Crippen molar-refractivity contribution >= 4 is 11.6 Å². The third-order valence-electron chi connectivity index (χ3n) is 8.67. The van der Waals surface area contributed by atoms with Gasteiger partial charge in [-0.05, 0) is 78.5 Å². The molecule has 0 radical (unpaired) electrons. The van der Waals surface area contributed by atoms with E-state index in [4.69, 9.17) is 4.74 Å². The number of benzene rings is 1. The minimum atomic E-state index is -0.205. The molecule has 0 aromatic heterocycles. The monoisotopic (exact) mass is 352 g/mol. The number of ketones is 2. The first-order chi connectivity index (χ1) is 12.5. The highest BCUT2D eigenvalue weighted by Gasteiger charge is 2.69. The number of rotatable bonds is 1. The number of hydrogen-bond donors (Lipinski definition) is 0. The average Bonchev–Trinajstić information content (AvgIpc) is 2.88. The van der Waals surface area contributed by atoms with E-state index in [0.29, 0.717) is 42.7 Å². The summed E-state index contributed by atoms with van der Waals surface area (Å²) in [4.78, 5) is 25.3. The Morgan fingerprint density at radius 3 is 2.73 bits per heavy atom. The molecule has 5 atom stereocenters. The average molecular weight is 352 g/mol. The van der Waals surface area contributed by atoms with Crippen LogP contribution >= 0.6 is 0 Å². The van der Waals surface area contributed by atoms with Crippen LogP contribution in [0.25, 0.3) is 0 Å². The second-order valence-corrected chi connectivity index (χ2v) is 9.29. The molecule has 0 unspecified atom stereocenters. The van der Waals surface area contributed by atoms with Crippen molar-refractivity contribution in [2.45, 2.75) is 64.2 Å². The molecule has 4 aliphatic rings. The van der Waals surface area contributed by atoms with Crippen LogP contribution in [0, 0.1) is 22.7 Å². The van der Waals surface area contributed by atoms with Gasteiger partial charge in [-0.1, -0.05) is 13.0 Å². The molecule has 1 aromatic rings. The summed E-state index contributed by atoms with van der Waals surface area (Å²) in [7, 11) is 1.73. The predicted molar refractivity (Wildman–Crippen MR) is 99.3 cm³/mol. The highest BCUT2D eigenvalue weighted by molar-refractivity contribution is 5.91. The lowest BCUT2D eigenvalue weighted by molar-refractivity contribution is -0.148. The number of aryl methyl sites for hydroxylation is 1. The third-order valence-corrected chi connectivity index (χ3v) is 8.67. The predicted octanol–water partition coefficient (Wildman–Crippen LogP) is 4.47. The number of Topliss-reactive ketones (excluding diaryl/α,β-unsaturated/α-hetero) is 2. The molecule has 0 bridgehead atoms. The molecule has 0 saturated heterocycles. The van der Waals surface area contributed by atoms with Crippen LogP contribution in [0.5, 0.6) is 5.75 Å². The van der Waals surface area contributed by atoms with Crippen LogP contribution in [0.4, 0.5) is 0 Å². The second-order valence-electron chi connectivity index (χ2n) is 9.29. The van der Waals surface area contributed by atoms with E-state index in [0.717, 1.165) is 37.9 Å². The third kappa shape index (κ3) is 1.90. The van der Waals surface area contributed by atoms with Crippen LogP contribution in [0.15, 0.2) is 18.2 Å². The standard InChI is InChI=1S/C23H28O3/c1-22-9-8-19-18-5-4-17(26-2)11-14(18)3-6-20(19)23(22)10-7-16(24)12-15(23)13-21(22)25/h4-5,11,15,19-20H,3,6-10,12-13H2,1-2H3/t15-,19-,20-,22-,23-/m1/s1. The van der Waals surface area contributed by atoms with Crippen LogP contribution < -0.4 is 4.74 Å². The van der Waals surface area contributed by atoms with E-state index in [-0.39, 0.29) is 16.7 Å². The Balaban J connectivity index is 1.61. The van der Waals surface area contributed by atoms with Gasteiger partial charge in [0.05, 0.1) is 7.11 Å². The lowest BCUT2D eigenvalue weighted by Gasteiger charge is -2.60. The zero-order valence-electron chi connectivity index (χ0n) is 15.8. The van der Waals surface area contributed by atoms with Gasteiger partial charge in [0.2, 0.25) is 0 Å². The summed E-state index contributed by atoms with van der Waals surface area (Å²) in [6.45, 7) is 2.24. The van der Waals surface area contributed by atoms with Gasteiger partial charge < -0.3 is 4.74 Å². The molecule has 1 spiro atoms. The molecule has 0 aliphatic heterocycles. The highest BCUT2D eigenvalue weighted by atomic mass is 16.5. The van der Waals surface area contributed by atoms with E-state index in [1.807, 2.05) is 0 Å². The van der Waals surface area contributed by atoms with Crippen molar-refractivity contribution in [3.05, 3.63) is 29.3 Å². The quantitative estimate of drug-likeness (QED) is 0.749. The van der Waals surface area contributed by atoms with Crippen molar-refractivity contribution < 1.29 is 14.3 Å². The molecule has 3 fully saturated rings. The van der Waals surface area contributed by atoms with Gasteiger partial charge in [-0.2, -0.15) is 0 Å². The van der Waals surface area contributed by atoms with Crippen molar-refractivity contribution in [2.75, 3.05) is 7.11 Å². The van der Waals surface area contributed by atoms with Gasteiger partial charge in [0.15, 0.2) is 0 Å². The van der Waals surface area contributed by atoms with Crippen molar-refractivity contribution in [3.8, 4) is 5.75 Å². The van der Waals surface area contributed by atoms with Crippen molar-refractivity contribution in [1.82, 2.24) is 0 Å². The van der Waals surface area contributed by atoms with Crippen molar-refractivity contribution in [1.29, 1.82) is 0 Å². The zero-order chi connectivity index (χ0) is 18.1. The maximum absolute atomic E-state index is 13.1. The molecule has 0 N–H and O–H groups in total. The minimum absolute atomic E-state index is 0.0541. The zero-order valence-corrected chi connectivity index (χ0v) is 15.8. The van der Waals surface area contributed by atoms with Crippen LogP contribution in [0.2, 0.25) is 0 Å². The smallest absolute Gasteiger partial charge is 0.139 e.